The van der Waals surface area contributed by atoms with E-state index in [0.29, 0.717) is 5.92 Å². The van der Waals surface area contributed by atoms with Crippen molar-refractivity contribution >= 4 is 0 Å². The minimum absolute atomic E-state index is 0.364. The Morgan fingerprint density at radius 1 is 1.67 bits per heavy atom. The highest BCUT2D eigenvalue weighted by Crippen LogP contribution is 2.31. The maximum Gasteiger partial charge on any atom is 0.0656 e. The summed E-state index contributed by atoms with van der Waals surface area (Å²) >= 11 is 0. The first-order valence-corrected chi connectivity index (χ1v) is 3.41. The number of rotatable bonds is 2. The molecule has 0 aromatic rings. The molecule has 0 radical (unpaired) electrons. The van der Waals surface area contributed by atoms with Gasteiger partial charge in [-0.15, -0.1) is 0 Å². The molecule has 9 heavy (non-hydrogen) atoms. The summed E-state index contributed by atoms with van der Waals surface area (Å²) in [5, 5.41) is 11.5. The average Bonchev–Trinajstić information content (AvgIpc) is 1.77. The van der Waals surface area contributed by atoms with Crippen molar-refractivity contribution < 1.29 is 0 Å². The van der Waals surface area contributed by atoms with E-state index in [1.165, 1.54) is 0 Å². The first-order valence-electron chi connectivity index (χ1n) is 3.41. The molecule has 2 nitrogen and oxygen atoms in total. The Bertz CT molecular complexity index is 119. The van der Waals surface area contributed by atoms with Crippen LogP contribution in [0.25, 0.3) is 0 Å². The van der Waals surface area contributed by atoms with Gasteiger partial charge in [0.05, 0.1) is 6.07 Å². The van der Waals surface area contributed by atoms with Crippen molar-refractivity contribution in [3.05, 3.63) is 0 Å². The van der Waals surface area contributed by atoms with Crippen molar-refractivity contribution in [2.45, 2.75) is 12.8 Å². The SMILES string of the molecule is CNCC1CC(C#N)C1. The smallest absolute Gasteiger partial charge is 0.0656 e. The molecule has 1 rings (SSSR count). The maximum absolute atomic E-state index is 8.40. The zero-order valence-corrected chi connectivity index (χ0v) is 5.72. The second kappa shape index (κ2) is 2.84. The Balaban J connectivity index is 2.06. The quantitative estimate of drug-likeness (QED) is 0.589. The van der Waals surface area contributed by atoms with Crippen molar-refractivity contribution in [3.63, 3.8) is 0 Å². The molecular weight excluding hydrogens is 112 g/mol. The Hall–Kier alpha value is -0.550. The van der Waals surface area contributed by atoms with E-state index in [4.69, 9.17) is 5.26 Å². The van der Waals surface area contributed by atoms with E-state index in [1.807, 2.05) is 7.05 Å². The van der Waals surface area contributed by atoms with Crippen LogP contribution >= 0.6 is 0 Å². The van der Waals surface area contributed by atoms with E-state index in [1.54, 1.807) is 0 Å². The Labute approximate surface area is 55.9 Å². The zero-order valence-electron chi connectivity index (χ0n) is 5.72. The van der Waals surface area contributed by atoms with Crippen LogP contribution in [0.3, 0.4) is 0 Å². The lowest BCUT2D eigenvalue weighted by molar-refractivity contribution is 0.242. The molecule has 0 unspecified atom stereocenters. The maximum atomic E-state index is 8.40. The molecule has 1 N–H and O–H groups in total. The highest BCUT2D eigenvalue weighted by molar-refractivity contribution is 4.94. The molecule has 50 valence electrons. The second-order valence-corrected chi connectivity index (χ2v) is 2.72. The van der Waals surface area contributed by atoms with E-state index in [2.05, 4.69) is 11.4 Å². The van der Waals surface area contributed by atoms with Crippen LogP contribution in [0.5, 0.6) is 0 Å². The van der Waals surface area contributed by atoms with Gasteiger partial charge in [0.2, 0.25) is 0 Å². The van der Waals surface area contributed by atoms with Gasteiger partial charge in [0.1, 0.15) is 0 Å². The van der Waals surface area contributed by atoms with Gasteiger partial charge < -0.3 is 5.32 Å². The van der Waals surface area contributed by atoms with Crippen molar-refractivity contribution in [3.8, 4) is 6.07 Å². The summed E-state index contributed by atoms with van der Waals surface area (Å²) in [7, 11) is 1.96. The summed E-state index contributed by atoms with van der Waals surface area (Å²) in [6.07, 6.45) is 2.22. The van der Waals surface area contributed by atoms with Crippen molar-refractivity contribution in [1.82, 2.24) is 5.32 Å². The molecular formula is C7H12N2. The fourth-order valence-corrected chi connectivity index (χ4v) is 1.30. The first-order chi connectivity index (χ1) is 4.36. The molecule has 1 aliphatic carbocycles. The highest BCUT2D eigenvalue weighted by atomic mass is 14.8. The standard InChI is InChI=1S/C7H12N2/c1-9-5-7-2-6(3-7)4-8/h6-7,9H,2-3,5H2,1H3. The number of nitriles is 1. The number of nitrogens with one attached hydrogen (secondary N) is 1. The van der Waals surface area contributed by atoms with Gasteiger partial charge in [0.15, 0.2) is 0 Å². The fraction of sp³-hybridized carbons (Fsp3) is 0.857. The summed E-state index contributed by atoms with van der Waals surface area (Å²) in [4.78, 5) is 0. The predicted molar refractivity (Wildman–Crippen MR) is 35.8 cm³/mol. The average molecular weight is 124 g/mol. The Morgan fingerprint density at radius 3 is 2.78 bits per heavy atom. The van der Waals surface area contributed by atoms with Crippen LogP contribution in [0.4, 0.5) is 0 Å². The van der Waals surface area contributed by atoms with Gasteiger partial charge in [0, 0.05) is 5.92 Å². The lowest BCUT2D eigenvalue weighted by Gasteiger charge is -2.29. The monoisotopic (exact) mass is 124 g/mol. The first kappa shape index (κ1) is 6.57. The van der Waals surface area contributed by atoms with Gasteiger partial charge in [-0.25, -0.2) is 0 Å². The molecule has 0 amide bonds. The number of hydrogen-bond donors (Lipinski definition) is 1. The molecule has 0 aromatic heterocycles. The van der Waals surface area contributed by atoms with Crippen LogP contribution in [0.15, 0.2) is 0 Å². The number of nitrogens with zero attached hydrogens (tertiary/aromatic N) is 1. The highest BCUT2D eigenvalue weighted by Gasteiger charge is 2.27. The lowest BCUT2D eigenvalue weighted by Crippen LogP contribution is -2.30. The van der Waals surface area contributed by atoms with Gasteiger partial charge in [0.25, 0.3) is 0 Å². The van der Waals surface area contributed by atoms with Crippen molar-refractivity contribution in [1.29, 1.82) is 5.26 Å². The third-order valence-electron chi connectivity index (χ3n) is 1.91. The third kappa shape index (κ3) is 1.43. The Kier molecular flexibility index (Phi) is 2.07. The molecule has 2 heteroatoms. The summed E-state index contributed by atoms with van der Waals surface area (Å²) in [6, 6.07) is 2.26. The van der Waals surface area contributed by atoms with Crippen molar-refractivity contribution in [2.24, 2.45) is 11.8 Å². The van der Waals surface area contributed by atoms with E-state index in [0.717, 1.165) is 25.3 Å². The molecule has 0 spiro atoms. The van der Waals surface area contributed by atoms with E-state index in [9.17, 15) is 0 Å². The summed E-state index contributed by atoms with van der Waals surface area (Å²) in [6.45, 7) is 1.08. The molecule has 0 aromatic carbocycles. The van der Waals surface area contributed by atoms with Gasteiger partial charge in [-0.3, -0.25) is 0 Å². The van der Waals surface area contributed by atoms with Crippen molar-refractivity contribution in [2.75, 3.05) is 13.6 Å². The lowest BCUT2D eigenvalue weighted by atomic mass is 9.76. The molecule has 0 bridgehead atoms. The normalized spacial score (nSPS) is 32.9. The van der Waals surface area contributed by atoms with Crippen LogP contribution in [0, 0.1) is 23.2 Å². The van der Waals surface area contributed by atoms with Gasteiger partial charge in [-0.1, -0.05) is 0 Å². The second-order valence-electron chi connectivity index (χ2n) is 2.72. The molecule has 1 aliphatic rings. The zero-order chi connectivity index (χ0) is 6.69. The largest absolute Gasteiger partial charge is 0.319 e. The molecule has 1 saturated carbocycles. The van der Waals surface area contributed by atoms with Gasteiger partial charge >= 0.3 is 0 Å². The Morgan fingerprint density at radius 2 is 2.33 bits per heavy atom. The van der Waals surface area contributed by atoms with Crippen LogP contribution in [0.2, 0.25) is 0 Å². The van der Waals surface area contributed by atoms with E-state index < -0.39 is 0 Å². The van der Waals surface area contributed by atoms with Crippen LogP contribution < -0.4 is 5.32 Å². The fourth-order valence-electron chi connectivity index (χ4n) is 1.30. The van der Waals surface area contributed by atoms with Gasteiger partial charge in [-0.05, 0) is 32.4 Å². The van der Waals surface area contributed by atoms with Crippen LogP contribution in [-0.2, 0) is 0 Å². The van der Waals surface area contributed by atoms with E-state index >= 15 is 0 Å². The van der Waals surface area contributed by atoms with Crippen LogP contribution in [-0.4, -0.2) is 13.6 Å². The summed E-state index contributed by atoms with van der Waals surface area (Å²) < 4.78 is 0. The number of hydrogen-bond acceptors (Lipinski definition) is 2. The third-order valence-corrected chi connectivity index (χ3v) is 1.91. The summed E-state index contributed by atoms with van der Waals surface area (Å²) in [5.74, 6) is 1.14. The predicted octanol–water partition coefficient (Wildman–Crippen LogP) is 0.756. The molecule has 0 atom stereocenters. The topological polar surface area (TPSA) is 35.8 Å². The molecule has 0 heterocycles. The molecule has 0 aliphatic heterocycles. The van der Waals surface area contributed by atoms with E-state index in [-0.39, 0.29) is 0 Å². The summed E-state index contributed by atoms with van der Waals surface area (Å²) in [5.41, 5.74) is 0. The molecule has 0 saturated heterocycles. The van der Waals surface area contributed by atoms with Crippen LogP contribution in [0.1, 0.15) is 12.8 Å². The van der Waals surface area contributed by atoms with Gasteiger partial charge in [-0.2, -0.15) is 5.26 Å². The molecule has 1 fully saturated rings. The minimum atomic E-state index is 0.364. The minimum Gasteiger partial charge on any atom is -0.319 e.